The highest BCUT2D eigenvalue weighted by Gasteiger charge is 2.23. The van der Waals surface area contributed by atoms with Gasteiger partial charge in [0.25, 0.3) is 0 Å². The van der Waals surface area contributed by atoms with Gasteiger partial charge in [-0.2, -0.15) is 0 Å². The molecule has 0 aliphatic carbocycles. The fourth-order valence-corrected chi connectivity index (χ4v) is 2.84. The van der Waals surface area contributed by atoms with Crippen molar-refractivity contribution in [2.24, 2.45) is 0 Å². The zero-order valence-corrected chi connectivity index (χ0v) is 12.8. The average molecular weight is 299 g/mol. The summed E-state index contributed by atoms with van der Waals surface area (Å²) < 4.78 is 1.89. The number of nitrogens with zero attached hydrogens (tertiary/aromatic N) is 4. The van der Waals surface area contributed by atoms with E-state index in [4.69, 9.17) is 0 Å². The van der Waals surface area contributed by atoms with Crippen molar-refractivity contribution in [1.82, 2.24) is 25.0 Å². The Bertz CT molecular complexity index is 624. The van der Waals surface area contributed by atoms with Crippen molar-refractivity contribution in [3.63, 3.8) is 0 Å². The van der Waals surface area contributed by atoms with Gasteiger partial charge in [-0.25, -0.2) is 4.79 Å². The van der Waals surface area contributed by atoms with E-state index in [1.807, 2.05) is 39.8 Å². The average Bonchev–Trinajstić information content (AvgIpc) is 3.02. The lowest BCUT2D eigenvalue weighted by molar-refractivity contribution is 0.157. The second kappa shape index (κ2) is 6.60. The van der Waals surface area contributed by atoms with Gasteiger partial charge in [0.2, 0.25) is 0 Å². The number of urea groups is 1. The van der Waals surface area contributed by atoms with Gasteiger partial charge in [-0.05, 0) is 38.3 Å². The van der Waals surface area contributed by atoms with Crippen molar-refractivity contribution in [2.45, 2.75) is 38.8 Å². The molecule has 22 heavy (non-hydrogen) atoms. The third kappa shape index (κ3) is 3.10. The molecule has 2 amide bonds. The predicted octanol–water partition coefficient (Wildman–Crippen LogP) is 2.35. The number of hydrogen-bond acceptors (Lipinski definition) is 3. The molecule has 0 radical (unpaired) electrons. The summed E-state index contributed by atoms with van der Waals surface area (Å²) in [6, 6.07) is 10.2. The van der Waals surface area contributed by atoms with Crippen LogP contribution < -0.4 is 5.32 Å². The van der Waals surface area contributed by atoms with Crippen LogP contribution in [-0.4, -0.2) is 38.3 Å². The van der Waals surface area contributed by atoms with Gasteiger partial charge in [-0.1, -0.05) is 18.2 Å². The van der Waals surface area contributed by atoms with Gasteiger partial charge < -0.3 is 10.2 Å². The summed E-state index contributed by atoms with van der Waals surface area (Å²) in [5.74, 6) is 0.726. The molecule has 0 unspecified atom stereocenters. The maximum Gasteiger partial charge on any atom is 0.318 e. The van der Waals surface area contributed by atoms with E-state index in [-0.39, 0.29) is 6.03 Å². The molecule has 6 nitrogen and oxygen atoms in total. The highest BCUT2D eigenvalue weighted by Crippen LogP contribution is 2.16. The van der Waals surface area contributed by atoms with Crippen molar-refractivity contribution < 1.29 is 4.79 Å². The molecule has 2 aromatic rings. The number of nitrogens with one attached hydrogen (secondary N) is 1. The SMILES string of the molecule is C[C@H]1CCCCN1C(=O)NCc1nncn1-c1ccccc1. The van der Waals surface area contributed by atoms with Crippen LogP contribution in [0.2, 0.25) is 0 Å². The number of benzene rings is 1. The molecule has 3 rings (SSSR count). The van der Waals surface area contributed by atoms with Gasteiger partial charge in [0.15, 0.2) is 5.82 Å². The smallest absolute Gasteiger partial charge is 0.318 e. The molecule has 0 spiro atoms. The number of amides is 2. The zero-order chi connectivity index (χ0) is 15.4. The van der Waals surface area contributed by atoms with E-state index in [1.165, 1.54) is 6.42 Å². The summed E-state index contributed by atoms with van der Waals surface area (Å²) in [6.45, 7) is 3.31. The van der Waals surface area contributed by atoms with Crippen molar-refractivity contribution >= 4 is 6.03 Å². The van der Waals surface area contributed by atoms with Crippen molar-refractivity contribution in [2.75, 3.05) is 6.54 Å². The predicted molar refractivity (Wildman–Crippen MR) is 83.6 cm³/mol. The Balaban J connectivity index is 1.65. The second-order valence-corrected chi connectivity index (χ2v) is 5.65. The Morgan fingerprint density at radius 2 is 2.14 bits per heavy atom. The topological polar surface area (TPSA) is 63.1 Å². The minimum atomic E-state index is -0.0187. The van der Waals surface area contributed by atoms with E-state index < -0.39 is 0 Å². The summed E-state index contributed by atoms with van der Waals surface area (Å²) in [6.07, 6.45) is 5.03. The van der Waals surface area contributed by atoms with E-state index >= 15 is 0 Å². The Labute approximate surface area is 130 Å². The van der Waals surface area contributed by atoms with Crippen LogP contribution in [0.15, 0.2) is 36.7 Å². The van der Waals surface area contributed by atoms with Crippen LogP contribution in [0.25, 0.3) is 5.69 Å². The fraction of sp³-hybridized carbons (Fsp3) is 0.438. The van der Waals surface area contributed by atoms with Crippen LogP contribution in [0.4, 0.5) is 4.79 Å². The highest BCUT2D eigenvalue weighted by atomic mass is 16.2. The Hall–Kier alpha value is -2.37. The number of para-hydroxylation sites is 1. The molecule has 6 heteroatoms. The minimum Gasteiger partial charge on any atom is -0.331 e. The first kappa shape index (κ1) is 14.6. The Morgan fingerprint density at radius 3 is 2.91 bits per heavy atom. The Kier molecular flexibility index (Phi) is 4.37. The monoisotopic (exact) mass is 299 g/mol. The molecule has 0 saturated carbocycles. The van der Waals surface area contributed by atoms with Gasteiger partial charge in [0.1, 0.15) is 6.33 Å². The molecule has 1 fully saturated rings. The lowest BCUT2D eigenvalue weighted by Crippen LogP contribution is -2.47. The zero-order valence-electron chi connectivity index (χ0n) is 12.8. The number of aromatic nitrogens is 3. The number of rotatable bonds is 3. The van der Waals surface area contributed by atoms with E-state index in [2.05, 4.69) is 22.4 Å². The molecule has 1 saturated heterocycles. The van der Waals surface area contributed by atoms with Gasteiger partial charge in [-0.3, -0.25) is 4.57 Å². The maximum absolute atomic E-state index is 12.3. The van der Waals surface area contributed by atoms with E-state index in [9.17, 15) is 4.79 Å². The van der Waals surface area contributed by atoms with Gasteiger partial charge in [0.05, 0.1) is 6.54 Å². The molecule has 116 valence electrons. The van der Waals surface area contributed by atoms with Crippen molar-refractivity contribution in [3.8, 4) is 5.69 Å². The number of piperidine rings is 1. The molecular weight excluding hydrogens is 278 g/mol. The molecule has 1 aliphatic rings. The molecule has 2 heterocycles. The largest absolute Gasteiger partial charge is 0.331 e. The van der Waals surface area contributed by atoms with Gasteiger partial charge in [-0.15, -0.1) is 10.2 Å². The van der Waals surface area contributed by atoms with Crippen molar-refractivity contribution in [3.05, 3.63) is 42.5 Å². The normalized spacial score (nSPS) is 18.2. The first-order chi connectivity index (χ1) is 10.8. The number of hydrogen-bond donors (Lipinski definition) is 1. The molecule has 1 aromatic heterocycles. The molecule has 1 atom stereocenters. The van der Waals surface area contributed by atoms with Crippen LogP contribution in [0.5, 0.6) is 0 Å². The highest BCUT2D eigenvalue weighted by molar-refractivity contribution is 5.74. The first-order valence-corrected chi connectivity index (χ1v) is 7.74. The van der Waals surface area contributed by atoms with Gasteiger partial charge >= 0.3 is 6.03 Å². The lowest BCUT2D eigenvalue weighted by Gasteiger charge is -2.33. The summed E-state index contributed by atoms with van der Waals surface area (Å²) >= 11 is 0. The summed E-state index contributed by atoms with van der Waals surface area (Å²) in [7, 11) is 0. The van der Waals surface area contributed by atoms with Crippen LogP contribution in [0.3, 0.4) is 0 Å². The third-order valence-corrected chi connectivity index (χ3v) is 4.11. The quantitative estimate of drug-likeness (QED) is 0.946. The molecule has 1 aliphatic heterocycles. The summed E-state index contributed by atoms with van der Waals surface area (Å²) in [4.78, 5) is 14.2. The molecule has 1 aromatic carbocycles. The van der Waals surface area contributed by atoms with Crippen LogP contribution in [-0.2, 0) is 6.54 Å². The molecule has 1 N–H and O–H groups in total. The second-order valence-electron chi connectivity index (χ2n) is 5.65. The first-order valence-electron chi connectivity index (χ1n) is 7.74. The minimum absolute atomic E-state index is 0.0187. The van der Waals surface area contributed by atoms with E-state index in [0.29, 0.717) is 12.6 Å². The number of carbonyl (C=O) groups is 1. The van der Waals surface area contributed by atoms with Crippen LogP contribution in [0.1, 0.15) is 32.0 Å². The molecule has 0 bridgehead atoms. The van der Waals surface area contributed by atoms with Crippen LogP contribution in [0, 0.1) is 0 Å². The van der Waals surface area contributed by atoms with E-state index in [1.54, 1.807) is 6.33 Å². The van der Waals surface area contributed by atoms with E-state index in [0.717, 1.165) is 30.9 Å². The summed E-state index contributed by atoms with van der Waals surface area (Å²) in [5, 5.41) is 11.0. The Morgan fingerprint density at radius 1 is 1.32 bits per heavy atom. The maximum atomic E-state index is 12.3. The fourth-order valence-electron chi connectivity index (χ4n) is 2.84. The molecular formula is C16H21N5O. The number of likely N-dealkylation sites (tertiary alicyclic amines) is 1. The van der Waals surface area contributed by atoms with Crippen molar-refractivity contribution in [1.29, 1.82) is 0 Å². The van der Waals surface area contributed by atoms with Crippen LogP contribution >= 0.6 is 0 Å². The lowest BCUT2D eigenvalue weighted by atomic mass is 10.0. The standard InChI is InChI=1S/C16H21N5O/c1-13-7-5-6-10-20(13)16(22)17-11-15-19-18-12-21(15)14-8-3-2-4-9-14/h2-4,8-9,12-13H,5-7,10-11H2,1H3,(H,17,22)/t13-/m0/s1. The number of carbonyl (C=O) groups excluding carboxylic acids is 1. The van der Waals surface area contributed by atoms with Gasteiger partial charge in [0, 0.05) is 18.3 Å². The third-order valence-electron chi connectivity index (χ3n) is 4.11. The summed E-state index contributed by atoms with van der Waals surface area (Å²) in [5.41, 5.74) is 0.989.